The van der Waals surface area contributed by atoms with Crippen molar-refractivity contribution in [3.63, 3.8) is 0 Å². The lowest BCUT2D eigenvalue weighted by Crippen LogP contribution is -2.36. The van der Waals surface area contributed by atoms with Gasteiger partial charge in [-0.2, -0.15) is 9.97 Å². The first kappa shape index (κ1) is 37.2. The fourth-order valence-electron chi connectivity index (χ4n) is 5.99. The van der Waals surface area contributed by atoms with Gasteiger partial charge in [-0.05, 0) is 75.3 Å². The molecule has 0 spiro atoms. The van der Waals surface area contributed by atoms with E-state index in [4.69, 9.17) is 4.74 Å². The van der Waals surface area contributed by atoms with E-state index in [1.807, 2.05) is 34.9 Å². The van der Waals surface area contributed by atoms with Crippen LogP contribution in [-0.4, -0.2) is 79.9 Å². The van der Waals surface area contributed by atoms with E-state index < -0.39 is 33.1 Å². The number of halogens is 2. The van der Waals surface area contributed by atoms with Gasteiger partial charge >= 0.3 is 0 Å². The predicted octanol–water partition coefficient (Wildman–Crippen LogP) is 5.59. The predicted molar refractivity (Wildman–Crippen MR) is 199 cm³/mol. The Bertz CT molecular complexity index is 2330. The SMILES string of the molecule is COc1cc2c(cc1Nc1nc(Nc3cc(F)cc(F)c3C(=O)NCC(C)C)c3ccn(S(=O)(=O)c4ccc(C)cc4)c3n1)N(C(=O)CN(C)C)CC2. The number of aryl methyl sites for hydroxylation is 1. The van der Waals surface area contributed by atoms with E-state index in [0.717, 1.165) is 21.2 Å². The summed E-state index contributed by atoms with van der Waals surface area (Å²) in [5, 5.41) is 8.82. The molecule has 0 saturated heterocycles. The van der Waals surface area contributed by atoms with E-state index in [0.29, 0.717) is 36.2 Å². The summed E-state index contributed by atoms with van der Waals surface area (Å²) in [5.74, 6) is -2.65. The lowest BCUT2D eigenvalue weighted by molar-refractivity contribution is -0.119. The van der Waals surface area contributed by atoms with Gasteiger partial charge in [-0.1, -0.05) is 31.5 Å². The minimum atomic E-state index is -4.20. The van der Waals surface area contributed by atoms with Crippen molar-refractivity contribution in [2.45, 2.75) is 32.1 Å². The van der Waals surface area contributed by atoms with Crippen molar-refractivity contribution in [2.75, 3.05) is 56.4 Å². The van der Waals surface area contributed by atoms with Gasteiger partial charge in [0, 0.05) is 31.0 Å². The van der Waals surface area contributed by atoms with Crippen molar-refractivity contribution in [3.8, 4) is 5.75 Å². The molecule has 0 unspecified atom stereocenters. The molecule has 0 radical (unpaired) electrons. The molecular formula is C37H40F2N8O5S. The van der Waals surface area contributed by atoms with Crippen LogP contribution in [0.1, 0.15) is 35.3 Å². The summed E-state index contributed by atoms with van der Waals surface area (Å²) in [7, 11) is 0.898. The zero-order chi connectivity index (χ0) is 38.2. The normalized spacial score (nSPS) is 12.8. The second-order valence-electron chi connectivity index (χ2n) is 13.4. The topological polar surface area (TPSA) is 151 Å². The van der Waals surface area contributed by atoms with Crippen molar-refractivity contribution in [1.29, 1.82) is 0 Å². The van der Waals surface area contributed by atoms with Gasteiger partial charge in [0.1, 0.15) is 23.2 Å². The second kappa shape index (κ2) is 14.8. The maximum atomic E-state index is 15.3. The number of rotatable bonds is 12. The average Bonchev–Trinajstić information content (AvgIpc) is 3.71. The summed E-state index contributed by atoms with van der Waals surface area (Å²) in [6, 6.07) is 12.9. The van der Waals surface area contributed by atoms with E-state index >= 15 is 4.39 Å². The summed E-state index contributed by atoms with van der Waals surface area (Å²) < 4.78 is 64.6. The van der Waals surface area contributed by atoms with Crippen LogP contribution in [0.4, 0.5) is 37.6 Å². The Morgan fingerprint density at radius 1 is 1.00 bits per heavy atom. The van der Waals surface area contributed by atoms with Crippen molar-refractivity contribution < 1.29 is 31.5 Å². The van der Waals surface area contributed by atoms with Crippen molar-refractivity contribution >= 4 is 61.7 Å². The van der Waals surface area contributed by atoms with Crippen LogP contribution in [0, 0.1) is 24.5 Å². The fraction of sp³-hybridized carbons (Fsp3) is 0.297. The van der Waals surface area contributed by atoms with Crippen LogP contribution in [0.5, 0.6) is 5.75 Å². The number of carbonyl (C=O) groups is 2. The van der Waals surface area contributed by atoms with Crippen LogP contribution in [0.15, 0.2) is 65.7 Å². The molecule has 13 nitrogen and oxygen atoms in total. The van der Waals surface area contributed by atoms with Gasteiger partial charge in [0.25, 0.3) is 15.9 Å². The van der Waals surface area contributed by atoms with Crippen molar-refractivity contribution in [1.82, 2.24) is 24.2 Å². The van der Waals surface area contributed by atoms with E-state index in [-0.39, 0.29) is 58.3 Å². The Morgan fingerprint density at radius 2 is 1.74 bits per heavy atom. The number of fused-ring (bicyclic) bond motifs is 2. The highest BCUT2D eigenvalue weighted by Crippen LogP contribution is 2.39. The standard InChI is InChI=1S/C37H40F2N8O5S/c1-21(2)19-40-36(49)33-27(39)16-24(38)17-29(33)41-34-26-12-14-47(53(50,51)25-9-7-22(3)8-10-25)35(26)44-37(43-34)42-28-18-30-23(15-31(28)52-6)11-13-46(30)32(48)20-45(4)5/h7-10,12,14-18,21H,11,13,19-20H2,1-6H3,(H,40,49)(H2,41,42,43,44). The van der Waals surface area contributed by atoms with Crippen molar-refractivity contribution in [3.05, 3.63) is 89.1 Å². The Labute approximate surface area is 306 Å². The molecule has 5 aromatic rings. The number of hydrogen-bond donors (Lipinski definition) is 3. The summed E-state index contributed by atoms with van der Waals surface area (Å²) in [5.41, 5.74) is 2.02. The number of anilines is 5. The molecular weight excluding hydrogens is 707 g/mol. The molecule has 3 heterocycles. The minimum Gasteiger partial charge on any atom is -0.495 e. The fourth-order valence-corrected chi connectivity index (χ4v) is 7.29. The number of benzene rings is 3. The van der Waals surface area contributed by atoms with Gasteiger partial charge < -0.3 is 30.5 Å². The third-order valence-electron chi connectivity index (χ3n) is 8.59. The summed E-state index contributed by atoms with van der Waals surface area (Å²) in [6.45, 7) is 6.50. The molecule has 53 heavy (non-hydrogen) atoms. The Morgan fingerprint density at radius 3 is 2.42 bits per heavy atom. The first-order chi connectivity index (χ1) is 25.2. The first-order valence-electron chi connectivity index (χ1n) is 16.8. The molecule has 1 aliphatic rings. The number of nitrogens with one attached hydrogen (secondary N) is 3. The summed E-state index contributed by atoms with van der Waals surface area (Å²) >= 11 is 0. The molecule has 0 bridgehead atoms. The van der Waals surface area contributed by atoms with E-state index in [1.54, 1.807) is 34.1 Å². The van der Waals surface area contributed by atoms with Crippen LogP contribution in [0.25, 0.3) is 11.0 Å². The molecule has 16 heteroatoms. The quantitative estimate of drug-likeness (QED) is 0.148. The lowest BCUT2D eigenvalue weighted by Gasteiger charge is -2.21. The minimum absolute atomic E-state index is 0.00214. The zero-order valence-corrected chi connectivity index (χ0v) is 30.9. The van der Waals surface area contributed by atoms with Crippen LogP contribution in [-0.2, 0) is 21.2 Å². The Kier molecular flexibility index (Phi) is 10.4. The number of likely N-dealkylation sites (N-methyl/N-ethyl adjacent to an activating group) is 1. The molecule has 0 aliphatic carbocycles. The molecule has 278 valence electrons. The summed E-state index contributed by atoms with van der Waals surface area (Å²) in [4.78, 5) is 39.0. The molecule has 6 rings (SSSR count). The van der Waals surface area contributed by atoms with Gasteiger partial charge in [-0.25, -0.2) is 21.2 Å². The Hall–Kier alpha value is -5.61. The van der Waals surface area contributed by atoms with Crippen LogP contribution in [0.3, 0.4) is 0 Å². The van der Waals surface area contributed by atoms with E-state index in [2.05, 4.69) is 25.9 Å². The van der Waals surface area contributed by atoms with Crippen LogP contribution >= 0.6 is 0 Å². The lowest BCUT2D eigenvalue weighted by atomic mass is 10.1. The van der Waals surface area contributed by atoms with Gasteiger partial charge in [0.2, 0.25) is 11.9 Å². The van der Waals surface area contributed by atoms with Gasteiger partial charge in [0.15, 0.2) is 5.65 Å². The maximum Gasteiger partial charge on any atom is 0.269 e. The molecule has 2 amide bonds. The van der Waals surface area contributed by atoms with Crippen LogP contribution < -0.4 is 25.6 Å². The van der Waals surface area contributed by atoms with Gasteiger partial charge in [-0.15, -0.1) is 0 Å². The number of amides is 2. The van der Waals surface area contributed by atoms with Crippen molar-refractivity contribution in [2.24, 2.45) is 5.92 Å². The van der Waals surface area contributed by atoms with E-state index in [9.17, 15) is 22.4 Å². The smallest absolute Gasteiger partial charge is 0.269 e. The third-order valence-corrected chi connectivity index (χ3v) is 10.3. The zero-order valence-electron chi connectivity index (χ0n) is 30.1. The molecule has 2 aromatic heterocycles. The highest BCUT2D eigenvalue weighted by molar-refractivity contribution is 7.90. The average molecular weight is 747 g/mol. The highest BCUT2D eigenvalue weighted by atomic mass is 32.2. The highest BCUT2D eigenvalue weighted by Gasteiger charge is 2.28. The monoisotopic (exact) mass is 746 g/mol. The number of nitrogens with zero attached hydrogens (tertiary/aromatic N) is 5. The number of aromatic nitrogens is 3. The van der Waals surface area contributed by atoms with Gasteiger partial charge in [-0.3, -0.25) is 9.59 Å². The third kappa shape index (κ3) is 7.64. The van der Waals surface area contributed by atoms with Gasteiger partial charge in [0.05, 0.1) is 40.9 Å². The number of methoxy groups -OCH3 is 1. The Balaban J connectivity index is 1.50. The molecule has 3 aromatic carbocycles. The number of ether oxygens (including phenoxy) is 1. The number of carbonyl (C=O) groups excluding carboxylic acids is 2. The molecule has 0 atom stereocenters. The second-order valence-corrected chi connectivity index (χ2v) is 15.3. The molecule has 0 fully saturated rings. The maximum absolute atomic E-state index is 15.3. The molecule has 3 N–H and O–H groups in total. The first-order valence-corrected chi connectivity index (χ1v) is 18.3. The van der Waals surface area contributed by atoms with Crippen LogP contribution in [0.2, 0.25) is 0 Å². The largest absolute Gasteiger partial charge is 0.495 e. The van der Waals surface area contributed by atoms with E-state index in [1.165, 1.54) is 31.5 Å². The molecule has 1 aliphatic heterocycles. The number of hydrogen-bond acceptors (Lipinski definition) is 10. The summed E-state index contributed by atoms with van der Waals surface area (Å²) in [6.07, 6.45) is 1.92. The molecule has 0 saturated carbocycles.